The monoisotopic (exact) mass is 370 g/mol. The van der Waals surface area contributed by atoms with Gasteiger partial charge in [0.05, 0.1) is 12.0 Å². The van der Waals surface area contributed by atoms with E-state index in [0.29, 0.717) is 13.0 Å². The lowest BCUT2D eigenvalue weighted by molar-refractivity contribution is -0.163. The number of hydrogen-bond acceptors (Lipinski definition) is 7. The molecule has 0 bridgehead atoms. The molecule has 0 aliphatic carbocycles. The molecule has 0 fully saturated rings. The highest BCUT2D eigenvalue weighted by atomic mass is 16.6. The van der Waals surface area contributed by atoms with Crippen molar-refractivity contribution in [3.05, 3.63) is 25.3 Å². The van der Waals surface area contributed by atoms with Gasteiger partial charge in [0.15, 0.2) is 0 Å². The third-order valence-electron chi connectivity index (χ3n) is 3.42. The molecule has 0 rings (SSSR count). The van der Waals surface area contributed by atoms with Crippen molar-refractivity contribution in [2.45, 2.75) is 39.5 Å². The summed E-state index contributed by atoms with van der Waals surface area (Å²) in [7, 11) is 0. The van der Waals surface area contributed by atoms with Crippen LogP contribution in [-0.4, -0.2) is 50.9 Å². The molecule has 0 atom stereocenters. The highest BCUT2D eigenvalue weighted by Crippen LogP contribution is 2.22. The lowest BCUT2D eigenvalue weighted by Crippen LogP contribution is -2.43. The van der Waals surface area contributed by atoms with Crippen molar-refractivity contribution in [1.82, 2.24) is 0 Å². The third-order valence-corrected chi connectivity index (χ3v) is 3.42. The van der Waals surface area contributed by atoms with Crippen LogP contribution in [0.5, 0.6) is 0 Å². The Labute approximate surface area is 155 Å². The molecule has 0 aromatic rings. The van der Waals surface area contributed by atoms with Gasteiger partial charge in [-0.1, -0.05) is 33.4 Å². The maximum atomic E-state index is 11.7. The van der Waals surface area contributed by atoms with E-state index in [9.17, 15) is 14.4 Å². The Balaban J connectivity index is 5.15. The average molecular weight is 370 g/mol. The maximum Gasteiger partial charge on any atom is 0.330 e. The van der Waals surface area contributed by atoms with Crippen LogP contribution in [0.15, 0.2) is 25.3 Å². The average Bonchev–Trinajstić information content (AvgIpc) is 2.65. The summed E-state index contributed by atoms with van der Waals surface area (Å²) >= 11 is 0. The fourth-order valence-corrected chi connectivity index (χ4v) is 1.86. The highest BCUT2D eigenvalue weighted by molar-refractivity contribution is 5.81. The summed E-state index contributed by atoms with van der Waals surface area (Å²) in [4.78, 5) is 34.7. The molecule has 0 spiro atoms. The first kappa shape index (κ1) is 23.9. The van der Waals surface area contributed by atoms with Gasteiger partial charge in [0, 0.05) is 25.2 Å². The van der Waals surface area contributed by atoms with Crippen molar-refractivity contribution in [3.63, 3.8) is 0 Å². The van der Waals surface area contributed by atoms with Gasteiger partial charge in [-0.25, -0.2) is 9.59 Å². The van der Waals surface area contributed by atoms with Crippen LogP contribution in [-0.2, 0) is 33.3 Å². The van der Waals surface area contributed by atoms with Gasteiger partial charge < -0.3 is 18.9 Å². The van der Waals surface area contributed by atoms with Gasteiger partial charge in [0.25, 0.3) is 0 Å². The quantitative estimate of drug-likeness (QED) is 0.189. The molecular weight excluding hydrogens is 340 g/mol. The van der Waals surface area contributed by atoms with Crippen LogP contribution in [0, 0.1) is 5.41 Å². The number of carbonyl (C=O) groups excluding carboxylic acids is 3. The smallest absolute Gasteiger partial charge is 0.330 e. The first-order valence-electron chi connectivity index (χ1n) is 8.74. The summed E-state index contributed by atoms with van der Waals surface area (Å²) in [6.45, 7) is 10.8. The largest absolute Gasteiger partial charge is 0.465 e. The van der Waals surface area contributed by atoms with Crippen LogP contribution in [0.25, 0.3) is 0 Å². The van der Waals surface area contributed by atoms with E-state index in [2.05, 4.69) is 13.2 Å². The second-order valence-electron chi connectivity index (χ2n) is 5.94. The molecule has 0 saturated heterocycles. The van der Waals surface area contributed by atoms with Gasteiger partial charge in [-0.15, -0.1) is 0 Å². The number of esters is 3. The van der Waals surface area contributed by atoms with Gasteiger partial charge in [0.2, 0.25) is 0 Å². The Bertz CT molecular complexity index is 447. The summed E-state index contributed by atoms with van der Waals surface area (Å²) in [5.74, 6) is -1.63. The van der Waals surface area contributed by atoms with Crippen molar-refractivity contribution in [2.75, 3.05) is 33.0 Å². The van der Waals surface area contributed by atoms with E-state index in [1.165, 1.54) is 0 Å². The third kappa shape index (κ3) is 10.7. The maximum absolute atomic E-state index is 11.7. The number of unbranched alkanes of at least 4 members (excludes halogenated alkanes) is 1. The SMILES string of the molecule is C=CC(=O)OCC(COCCCC)(COC(=O)C=C)COC(=O)CCC. The minimum absolute atomic E-state index is 0.0985. The highest BCUT2D eigenvalue weighted by Gasteiger charge is 2.36. The topological polar surface area (TPSA) is 88.1 Å². The molecule has 0 amide bonds. The van der Waals surface area contributed by atoms with Crippen LogP contribution in [0.3, 0.4) is 0 Å². The molecule has 0 N–H and O–H groups in total. The molecule has 0 unspecified atom stereocenters. The van der Waals surface area contributed by atoms with Crippen molar-refractivity contribution >= 4 is 17.9 Å². The lowest BCUT2D eigenvalue weighted by atomic mass is 9.92. The zero-order valence-electron chi connectivity index (χ0n) is 15.8. The van der Waals surface area contributed by atoms with Crippen LogP contribution < -0.4 is 0 Å². The molecule has 0 aliphatic heterocycles. The van der Waals surface area contributed by atoms with E-state index in [4.69, 9.17) is 18.9 Å². The first-order valence-corrected chi connectivity index (χ1v) is 8.74. The summed E-state index contributed by atoms with van der Waals surface area (Å²) in [6.07, 6.45) is 4.78. The van der Waals surface area contributed by atoms with Crippen LogP contribution in [0.2, 0.25) is 0 Å². The molecule has 7 heteroatoms. The minimum atomic E-state index is -1.01. The first-order chi connectivity index (χ1) is 12.4. The van der Waals surface area contributed by atoms with Crippen LogP contribution >= 0.6 is 0 Å². The second kappa shape index (κ2) is 14.1. The number of rotatable bonds is 15. The number of ether oxygens (including phenoxy) is 4. The van der Waals surface area contributed by atoms with E-state index in [1.54, 1.807) is 0 Å². The lowest BCUT2D eigenvalue weighted by Gasteiger charge is -2.31. The van der Waals surface area contributed by atoms with E-state index in [0.717, 1.165) is 25.0 Å². The fraction of sp³-hybridized carbons (Fsp3) is 0.632. The van der Waals surface area contributed by atoms with Gasteiger partial charge in [-0.3, -0.25) is 4.79 Å². The second-order valence-corrected chi connectivity index (χ2v) is 5.94. The van der Waals surface area contributed by atoms with E-state index in [-0.39, 0.29) is 38.8 Å². The van der Waals surface area contributed by atoms with Crippen molar-refractivity contribution in [2.24, 2.45) is 5.41 Å². The fourth-order valence-electron chi connectivity index (χ4n) is 1.86. The van der Waals surface area contributed by atoms with Gasteiger partial charge in [-0.2, -0.15) is 0 Å². The molecule has 0 saturated carbocycles. The zero-order valence-corrected chi connectivity index (χ0v) is 15.8. The molecular formula is C19H30O7. The Hall–Kier alpha value is -2.15. The molecule has 0 aromatic carbocycles. The molecule has 0 aromatic heterocycles. The Morgan fingerprint density at radius 1 is 0.846 bits per heavy atom. The van der Waals surface area contributed by atoms with Crippen LogP contribution in [0.4, 0.5) is 0 Å². The van der Waals surface area contributed by atoms with Gasteiger partial charge in [0.1, 0.15) is 19.8 Å². The van der Waals surface area contributed by atoms with Gasteiger partial charge in [-0.05, 0) is 12.8 Å². The van der Waals surface area contributed by atoms with Crippen molar-refractivity contribution in [3.8, 4) is 0 Å². The molecule has 148 valence electrons. The normalized spacial score (nSPS) is 10.7. The summed E-state index contributed by atoms with van der Waals surface area (Å²) in [5, 5.41) is 0. The number of hydrogen-bond donors (Lipinski definition) is 0. The zero-order chi connectivity index (χ0) is 19.8. The van der Waals surface area contributed by atoms with Crippen molar-refractivity contribution in [1.29, 1.82) is 0 Å². The predicted octanol–water partition coefficient (Wildman–Crippen LogP) is 2.59. The van der Waals surface area contributed by atoms with Crippen molar-refractivity contribution < 1.29 is 33.3 Å². The standard InChI is InChI=1S/C19H30O7/c1-5-9-11-23-12-19(13-24-16(20)7-3,14-25-17(21)8-4)15-26-18(22)10-6-2/h7-8H,3-6,9-15H2,1-2H3. The summed E-state index contributed by atoms with van der Waals surface area (Å²) < 4.78 is 21.2. The molecule has 0 aliphatic rings. The molecule has 0 radical (unpaired) electrons. The molecule has 0 heterocycles. The molecule has 26 heavy (non-hydrogen) atoms. The van der Waals surface area contributed by atoms with Gasteiger partial charge >= 0.3 is 17.9 Å². The Morgan fingerprint density at radius 3 is 1.85 bits per heavy atom. The molecule has 7 nitrogen and oxygen atoms in total. The van der Waals surface area contributed by atoms with E-state index >= 15 is 0 Å². The number of carbonyl (C=O) groups is 3. The van der Waals surface area contributed by atoms with E-state index < -0.39 is 17.4 Å². The van der Waals surface area contributed by atoms with E-state index in [1.807, 2.05) is 13.8 Å². The Morgan fingerprint density at radius 2 is 1.38 bits per heavy atom. The summed E-state index contributed by atoms with van der Waals surface area (Å²) in [6, 6.07) is 0. The predicted molar refractivity (Wildman–Crippen MR) is 96.3 cm³/mol. The summed E-state index contributed by atoms with van der Waals surface area (Å²) in [5.41, 5.74) is -1.01. The Kier molecular flexibility index (Phi) is 12.9. The van der Waals surface area contributed by atoms with Crippen LogP contribution in [0.1, 0.15) is 39.5 Å². The minimum Gasteiger partial charge on any atom is -0.465 e.